The van der Waals surface area contributed by atoms with Crippen LogP contribution in [0.5, 0.6) is 5.75 Å². The van der Waals surface area contributed by atoms with Gasteiger partial charge in [0.1, 0.15) is 10.9 Å². The van der Waals surface area contributed by atoms with E-state index >= 15 is 0 Å². The number of aliphatic hydroxyl groups excluding tert-OH is 1. The molecule has 0 fully saturated rings. The van der Waals surface area contributed by atoms with Crippen LogP contribution in [0.15, 0.2) is 30.5 Å². The Hall–Kier alpha value is -1.52. The zero-order valence-electron chi connectivity index (χ0n) is 9.43. The predicted octanol–water partition coefficient (Wildman–Crippen LogP) is 2.07. The van der Waals surface area contributed by atoms with E-state index in [2.05, 4.69) is 5.10 Å². The first kappa shape index (κ1) is 12.0. The highest BCUT2D eigenvalue weighted by atomic mass is 35.5. The van der Waals surface area contributed by atoms with E-state index in [0.29, 0.717) is 11.6 Å². The van der Waals surface area contributed by atoms with Crippen LogP contribution < -0.4 is 4.74 Å². The fourth-order valence-electron chi connectivity index (χ4n) is 1.58. The number of rotatable bonds is 4. The van der Waals surface area contributed by atoms with Gasteiger partial charge in [-0.15, -0.1) is 0 Å². The van der Waals surface area contributed by atoms with Crippen molar-refractivity contribution in [2.24, 2.45) is 0 Å². The van der Waals surface area contributed by atoms with Crippen LogP contribution in [0.4, 0.5) is 0 Å². The van der Waals surface area contributed by atoms with E-state index in [9.17, 15) is 0 Å². The largest absolute Gasteiger partial charge is 0.497 e. The lowest BCUT2D eigenvalue weighted by Crippen LogP contribution is -1.97. The minimum absolute atomic E-state index is 0.0591. The molecule has 0 aliphatic carbocycles. The van der Waals surface area contributed by atoms with Crippen LogP contribution in [0.2, 0.25) is 5.15 Å². The van der Waals surface area contributed by atoms with Crippen LogP contribution in [-0.4, -0.2) is 28.6 Å². The zero-order valence-corrected chi connectivity index (χ0v) is 10.2. The maximum atomic E-state index is 8.89. The summed E-state index contributed by atoms with van der Waals surface area (Å²) in [5.41, 5.74) is 1.66. The Balaban J connectivity index is 2.38. The summed E-state index contributed by atoms with van der Waals surface area (Å²) in [5, 5.41) is 13.6. The summed E-state index contributed by atoms with van der Waals surface area (Å²) in [4.78, 5) is 0. The highest BCUT2D eigenvalue weighted by molar-refractivity contribution is 6.30. The Morgan fingerprint density at radius 2 is 2.29 bits per heavy atom. The summed E-state index contributed by atoms with van der Waals surface area (Å²) < 4.78 is 6.77. The Morgan fingerprint density at radius 1 is 1.47 bits per heavy atom. The molecule has 0 saturated carbocycles. The van der Waals surface area contributed by atoms with E-state index in [1.807, 2.05) is 24.3 Å². The third kappa shape index (κ3) is 2.43. The molecule has 90 valence electrons. The van der Waals surface area contributed by atoms with E-state index in [1.54, 1.807) is 18.0 Å². The van der Waals surface area contributed by atoms with Gasteiger partial charge >= 0.3 is 0 Å². The summed E-state index contributed by atoms with van der Waals surface area (Å²) in [5.74, 6) is 0.748. The molecule has 0 aliphatic heterocycles. The second kappa shape index (κ2) is 5.21. The Morgan fingerprint density at radius 3 is 3.00 bits per heavy atom. The van der Waals surface area contributed by atoms with Gasteiger partial charge in [0.05, 0.1) is 19.0 Å². The van der Waals surface area contributed by atoms with Crippen molar-refractivity contribution in [3.63, 3.8) is 0 Å². The summed E-state index contributed by atoms with van der Waals surface area (Å²) in [6.07, 6.45) is 2.17. The van der Waals surface area contributed by atoms with Crippen LogP contribution in [-0.2, 0) is 6.42 Å². The smallest absolute Gasteiger partial charge is 0.136 e. The van der Waals surface area contributed by atoms with Crippen LogP contribution in [0.1, 0.15) is 5.56 Å². The normalized spacial score (nSPS) is 10.5. The van der Waals surface area contributed by atoms with E-state index in [-0.39, 0.29) is 6.61 Å². The van der Waals surface area contributed by atoms with Gasteiger partial charge in [0, 0.05) is 24.7 Å². The number of halogens is 1. The Bertz CT molecular complexity index is 511. The maximum Gasteiger partial charge on any atom is 0.136 e. The van der Waals surface area contributed by atoms with E-state index in [1.165, 1.54) is 0 Å². The summed E-state index contributed by atoms with van der Waals surface area (Å²) >= 11 is 6.18. The van der Waals surface area contributed by atoms with Crippen LogP contribution in [0.3, 0.4) is 0 Å². The third-order valence-electron chi connectivity index (χ3n) is 2.46. The first-order valence-electron chi connectivity index (χ1n) is 5.24. The second-order valence-electron chi connectivity index (χ2n) is 3.55. The van der Waals surface area contributed by atoms with Gasteiger partial charge in [0.15, 0.2) is 0 Å². The average molecular weight is 253 g/mol. The van der Waals surface area contributed by atoms with Gasteiger partial charge in [-0.25, -0.2) is 4.68 Å². The number of aromatic nitrogens is 2. The van der Waals surface area contributed by atoms with E-state index in [4.69, 9.17) is 21.4 Å². The van der Waals surface area contributed by atoms with Gasteiger partial charge in [-0.3, -0.25) is 0 Å². The topological polar surface area (TPSA) is 47.3 Å². The molecule has 0 spiro atoms. The summed E-state index contributed by atoms with van der Waals surface area (Å²) in [6, 6.07) is 7.47. The minimum atomic E-state index is 0.0591. The molecule has 5 heteroatoms. The number of methoxy groups -OCH3 is 1. The van der Waals surface area contributed by atoms with Crippen LogP contribution >= 0.6 is 11.6 Å². The van der Waals surface area contributed by atoms with Crippen LogP contribution in [0, 0.1) is 0 Å². The molecule has 17 heavy (non-hydrogen) atoms. The van der Waals surface area contributed by atoms with Crippen molar-refractivity contribution in [1.29, 1.82) is 0 Å². The lowest BCUT2D eigenvalue weighted by molar-refractivity contribution is 0.299. The summed E-state index contributed by atoms with van der Waals surface area (Å²) in [7, 11) is 1.61. The van der Waals surface area contributed by atoms with Gasteiger partial charge in [-0.05, 0) is 12.1 Å². The quantitative estimate of drug-likeness (QED) is 0.906. The lowest BCUT2D eigenvalue weighted by atomic mass is 10.2. The van der Waals surface area contributed by atoms with Crippen molar-refractivity contribution in [1.82, 2.24) is 9.78 Å². The average Bonchev–Trinajstić information content (AvgIpc) is 2.72. The lowest BCUT2D eigenvalue weighted by Gasteiger charge is -2.05. The number of nitrogens with zero attached hydrogens (tertiary/aromatic N) is 2. The van der Waals surface area contributed by atoms with Crippen LogP contribution in [0.25, 0.3) is 5.69 Å². The highest BCUT2D eigenvalue weighted by Gasteiger charge is 2.09. The molecule has 0 saturated heterocycles. The second-order valence-corrected chi connectivity index (χ2v) is 3.91. The van der Waals surface area contributed by atoms with E-state index in [0.717, 1.165) is 17.0 Å². The standard InChI is InChI=1S/C12H13ClN2O2/c1-17-11-4-2-3-10(7-11)15-12(13)9(5-6-16)8-14-15/h2-4,7-8,16H,5-6H2,1H3. The molecule has 1 heterocycles. The van der Waals surface area contributed by atoms with E-state index < -0.39 is 0 Å². The molecule has 0 amide bonds. The SMILES string of the molecule is COc1cccc(-n2ncc(CCO)c2Cl)c1. The third-order valence-corrected chi connectivity index (χ3v) is 2.86. The highest BCUT2D eigenvalue weighted by Crippen LogP contribution is 2.22. The molecule has 0 unspecified atom stereocenters. The van der Waals surface area contributed by atoms with Gasteiger partial charge < -0.3 is 9.84 Å². The molecule has 1 aromatic heterocycles. The van der Waals surface area contributed by atoms with Gasteiger partial charge in [0.25, 0.3) is 0 Å². The van der Waals surface area contributed by atoms with Gasteiger partial charge in [-0.1, -0.05) is 17.7 Å². The number of hydrogen-bond donors (Lipinski definition) is 1. The molecule has 1 N–H and O–H groups in total. The molecular formula is C12H13ClN2O2. The Labute approximate surface area is 104 Å². The number of aliphatic hydroxyl groups is 1. The minimum Gasteiger partial charge on any atom is -0.497 e. The number of ether oxygens (including phenoxy) is 1. The first-order chi connectivity index (χ1) is 8.26. The molecule has 1 aromatic carbocycles. The van der Waals surface area contributed by atoms with Crippen molar-refractivity contribution in [3.05, 3.63) is 41.2 Å². The number of benzene rings is 1. The first-order valence-corrected chi connectivity index (χ1v) is 5.61. The molecular weight excluding hydrogens is 240 g/mol. The molecule has 0 bridgehead atoms. The predicted molar refractivity (Wildman–Crippen MR) is 65.9 cm³/mol. The van der Waals surface area contributed by atoms with Crippen molar-refractivity contribution >= 4 is 11.6 Å². The zero-order chi connectivity index (χ0) is 12.3. The molecule has 4 nitrogen and oxygen atoms in total. The monoisotopic (exact) mass is 252 g/mol. The molecule has 2 rings (SSSR count). The van der Waals surface area contributed by atoms with Crippen molar-refractivity contribution in [3.8, 4) is 11.4 Å². The number of hydrogen-bond acceptors (Lipinski definition) is 3. The fourth-order valence-corrected chi connectivity index (χ4v) is 1.86. The molecule has 0 aliphatic rings. The van der Waals surface area contributed by atoms with Crippen molar-refractivity contribution in [2.75, 3.05) is 13.7 Å². The van der Waals surface area contributed by atoms with Gasteiger partial charge in [-0.2, -0.15) is 5.10 Å². The fraction of sp³-hybridized carbons (Fsp3) is 0.250. The molecule has 2 aromatic rings. The molecule has 0 atom stereocenters. The van der Waals surface area contributed by atoms with Gasteiger partial charge in [0.2, 0.25) is 0 Å². The van der Waals surface area contributed by atoms with Crippen molar-refractivity contribution < 1.29 is 9.84 Å². The molecule has 0 radical (unpaired) electrons. The Kier molecular flexibility index (Phi) is 3.66. The van der Waals surface area contributed by atoms with Crippen molar-refractivity contribution in [2.45, 2.75) is 6.42 Å². The maximum absolute atomic E-state index is 8.89. The summed E-state index contributed by atoms with van der Waals surface area (Å²) in [6.45, 7) is 0.0591.